The quantitative estimate of drug-likeness (QED) is 0.409. The van der Waals surface area contributed by atoms with Gasteiger partial charge >= 0.3 is 0 Å². The number of anilines is 1. The van der Waals surface area contributed by atoms with Crippen LogP contribution in [-0.4, -0.2) is 34.6 Å². The average molecular weight is 495 g/mol. The molecular formula is C26H23ClN2O4S. The monoisotopic (exact) mass is 494 g/mol. The van der Waals surface area contributed by atoms with Crippen LogP contribution in [0.15, 0.2) is 59.5 Å². The molecule has 34 heavy (non-hydrogen) atoms. The Morgan fingerprint density at radius 2 is 1.91 bits per heavy atom. The Bertz CT molecular complexity index is 1340. The van der Waals surface area contributed by atoms with Gasteiger partial charge in [0.1, 0.15) is 12.3 Å². The Balaban J connectivity index is 1.60. The highest BCUT2D eigenvalue weighted by Gasteiger charge is 2.36. The number of imide groups is 1. The summed E-state index contributed by atoms with van der Waals surface area (Å²) in [5.74, 6) is -0.381. The first-order valence-electron chi connectivity index (χ1n) is 10.7. The minimum Gasteiger partial charge on any atom is -0.490 e. The number of fused-ring (bicyclic) bond motifs is 1. The van der Waals surface area contributed by atoms with E-state index in [1.54, 1.807) is 24.3 Å². The van der Waals surface area contributed by atoms with Gasteiger partial charge in [0.25, 0.3) is 11.1 Å². The van der Waals surface area contributed by atoms with Crippen LogP contribution in [0.5, 0.6) is 5.75 Å². The molecule has 0 radical (unpaired) electrons. The van der Waals surface area contributed by atoms with Gasteiger partial charge in [0, 0.05) is 16.3 Å². The fraction of sp³-hybridized carbons (Fsp3) is 0.192. The van der Waals surface area contributed by atoms with Gasteiger partial charge in [-0.25, -0.2) is 0 Å². The normalized spacial score (nSPS) is 15.0. The van der Waals surface area contributed by atoms with Crippen LogP contribution in [0.25, 0.3) is 16.8 Å². The van der Waals surface area contributed by atoms with Crippen LogP contribution in [0.4, 0.5) is 10.5 Å². The Hall–Kier alpha value is -3.29. The van der Waals surface area contributed by atoms with E-state index >= 15 is 0 Å². The van der Waals surface area contributed by atoms with E-state index in [-0.39, 0.29) is 11.0 Å². The molecule has 174 valence electrons. The van der Waals surface area contributed by atoms with Crippen molar-refractivity contribution in [2.24, 2.45) is 0 Å². The maximum Gasteiger partial charge on any atom is 0.294 e. The summed E-state index contributed by atoms with van der Waals surface area (Å²) in [5.41, 5.74) is 2.07. The molecule has 0 spiro atoms. The first-order chi connectivity index (χ1) is 16.2. The molecule has 1 fully saturated rings. The number of nitrogens with zero attached hydrogens (tertiary/aromatic N) is 1. The van der Waals surface area contributed by atoms with E-state index in [1.165, 1.54) is 0 Å². The first-order valence-corrected chi connectivity index (χ1v) is 11.9. The molecule has 0 aromatic heterocycles. The molecule has 0 saturated carbocycles. The predicted octanol–water partition coefficient (Wildman–Crippen LogP) is 6.26. The molecule has 8 heteroatoms. The molecule has 4 rings (SSSR count). The molecular weight excluding hydrogens is 472 g/mol. The molecule has 1 aliphatic heterocycles. The van der Waals surface area contributed by atoms with Gasteiger partial charge in [-0.1, -0.05) is 48.0 Å². The maximum absolute atomic E-state index is 13.1. The number of thioether (sulfide) groups is 1. The fourth-order valence-corrected chi connectivity index (χ4v) is 4.60. The molecule has 3 aromatic rings. The van der Waals surface area contributed by atoms with Gasteiger partial charge in [-0.3, -0.25) is 19.3 Å². The van der Waals surface area contributed by atoms with E-state index in [0.717, 1.165) is 38.6 Å². The van der Waals surface area contributed by atoms with E-state index in [0.29, 0.717) is 16.5 Å². The number of hydrogen-bond donors (Lipinski definition) is 1. The zero-order valence-electron chi connectivity index (χ0n) is 18.9. The van der Waals surface area contributed by atoms with Gasteiger partial charge in [-0.2, -0.15) is 0 Å². The molecule has 3 aromatic carbocycles. The first kappa shape index (κ1) is 23.9. The van der Waals surface area contributed by atoms with Crippen LogP contribution in [0.1, 0.15) is 25.0 Å². The summed E-state index contributed by atoms with van der Waals surface area (Å²) < 4.78 is 5.97. The number of aryl methyl sites for hydroxylation is 1. The zero-order valence-corrected chi connectivity index (χ0v) is 20.5. The number of carbonyl (C=O) groups is 3. The lowest BCUT2D eigenvalue weighted by molar-refractivity contribution is -0.127. The van der Waals surface area contributed by atoms with Crippen molar-refractivity contribution in [3.05, 3.63) is 75.7 Å². The van der Waals surface area contributed by atoms with Crippen LogP contribution in [0, 0.1) is 6.92 Å². The Morgan fingerprint density at radius 1 is 1.15 bits per heavy atom. The number of hydrogen-bond acceptors (Lipinski definition) is 5. The Kier molecular flexibility index (Phi) is 6.95. The minimum absolute atomic E-state index is 0.0676. The van der Waals surface area contributed by atoms with Gasteiger partial charge in [0.2, 0.25) is 5.91 Å². The second kappa shape index (κ2) is 9.91. The number of amides is 3. The van der Waals surface area contributed by atoms with Crippen LogP contribution >= 0.6 is 23.4 Å². The molecule has 1 N–H and O–H groups in total. The number of benzene rings is 3. The van der Waals surface area contributed by atoms with E-state index in [2.05, 4.69) is 5.32 Å². The van der Waals surface area contributed by atoms with Crippen molar-refractivity contribution in [2.45, 2.75) is 26.9 Å². The van der Waals surface area contributed by atoms with Gasteiger partial charge in [-0.15, -0.1) is 0 Å². The number of carbonyl (C=O) groups excluding carboxylic acids is 3. The number of nitrogens with one attached hydrogen (secondary N) is 1. The van der Waals surface area contributed by atoms with Crippen molar-refractivity contribution in [3.8, 4) is 5.75 Å². The minimum atomic E-state index is -0.517. The number of rotatable bonds is 6. The molecule has 1 aliphatic rings. The summed E-state index contributed by atoms with van der Waals surface area (Å²) in [6.07, 6.45) is 1.60. The number of halogens is 1. The SMILES string of the molecule is Cc1ccc(Cl)cc1NC(=O)CN1C(=O)S/C(=C/c2c(OC(C)C)ccc3ccccc23)C1=O. The van der Waals surface area contributed by atoms with Crippen molar-refractivity contribution in [1.82, 2.24) is 4.90 Å². The van der Waals surface area contributed by atoms with E-state index in [4.69, 9.17) is 16.3 Å². The summed E-state index contributed by atoms with van der Waals surface area (Å²) in [5, 5.41) is 4.59. The Morgan fingerprint density at radius 3 is 2.68 bits per heavy atom. The summed E-state index contributed by atoms with van der Waals surface area (Å²) in [6, 6.07) is 16.7. The highest BCUT2D eigenvalue weighted by molar-refractivity contribution is 8.18. The van der Waals surface area contributed by atoms with Crippen molar-refractivity contribution in [1.29, 1.82) is 0 Å². The largest absolute Gasteiger partial charge is 0.490 e. The van der Waals surface area contributed by atoms with Crippen LogP contribution in [-0.2, 0) is 9.59 Å². The molecule has 0 aliphatic carbocycles. The van der Waals surface area contributed by atoms with Gasteiger partial charge in [0.05, 0.1) is 11.0 Å². The van der Waals surface area contributed by atoms with Crippen LogP contribution in [0.3, 0.4) is 0 Å². The second-order valence-electron chi connectivity index (χ2n) is 8.14. The predicted molar refractivity (Wildman–Crippen MR) is 137 cm³/mol. The van der Waals surface area contributed by atoms with Crippen molar-refractivity contribution in [2.75, 3.05) is 11.9 Å². The van der Waals surface area contributed by atoms with Crippen molar-refractivity contribution < 1.29 is 19.1 Å². The van der Waals surface area contributed by atoms with Gasteiger partial charge in [-0.05, 0) is 73.1 Å². The van der Waals surface area contributed by atoms with Crippen LogP contribution < -0.4 is 10.1 Å². The fourth-order valence-electron chi connectivity index (χ4n) is 3.61. The highest BCUT2D eigenvalue weighted by Crippen LogP contribution is 2.37. The van der Waals surface area contributed by atoms with Gasteiger partial charge < -0.3 is 10.1 Å². The topological polar surface area (TPSA) is 75.7 Å². The third kappa shape index (κ3) is 5.11. The molecule has 0 unspecified atom stereocenters. The van der Waals surface area contributed by atoms with E-state index < -0.39 is 23.6 Å². The lowest BCUT2D eigenvalue weighted by atomic mass is 10.0. The highest BCUT2D eigenvalue weighted by atomic mass is 35.5. The molecule has 6 nitrogen and oxygen atoms in total. The second-order valence-corrected chi connectivity index (χ2v) is 9.57. The van der Waals surface area contributed by atoms with Gasteiger partial charge in [0.15, 0.2) is 0 Å². The van der Waals surface area contributed by atoms with E-state index in [1.807, 2.05) is 57.2 Å². The van der Waals surface area contributed by atoms with Crippen molar-refractivity contribution >= 4 is 63.0 Å². The van der Waals surface area contributed by atoms with Crippen LogP contribution in [0.2, 0.25) is 5.02 Å². The standard InChI is InChI=1S/C26H23ClN2O4S/c1-15(2)33-22-11-9-17-6-4-5-7-19(17)20(22)13-23-25(31)29(26(32)34-23)14-24(30)28-21-12-18(27)10-8-16(21)3/h4-13,15H,14H2,1-3H3,(H,28,30)/b23-13+. The molecule has 1 heterocycles. The third-order valence-corrected chi connectivity index (χ3v) is 6.36. The lowest BCUT2D eigenvalue weighted by Crippen LogP contribution is -2.36. The maximum atomic E-state index is 13.1. The molecule has 3 amide bonds. The molecule has 0 atom stereocenters. The molecule has 1 saturated heterocycles. The smallest absolute Gasteiger partial charge is 0.294 e. The average Bonchev–Trinajstić information content (AvgIpc) is 3.05. The summed E-state index contributed by atoms with van der Waals surface area (Å²) in [4.78, 5) is 39.5. The van der Waals surface area contributed by atoms with E-state index in [9.17, 15) is 14.4 Å². The summed E-state index contributed by atoms with van der Waals surface area (Å²) in [7, 11) is 0. The number of ether oxygens (including phenoxy) is 1. The third-order valence-electron chi connectivity index (χ3n) is 5.22. The lowest BCUT2D eigenvalue weighted by Gasteiger charge is -2.15. The Labute approximate surface area is 206 Å². The molecule has 0 bridgehead atoms. The summed E-state index contributed by atoms with van der Waals surface area (Å²) in [6.45, 7) is 5.29. The zero-order chi connectivity index (χ0) is 24.4. The van der Waals surface area contributed by atoms with Crippen molar-refractivity contribution in [3.63, 3.8) is 0 Å². The summed E-state index contributed by atoms with van der Waals surface area (Å²) >= 11 is 6.82.